The zero-order valence-corrected chi connectivity index (χ0v) is 11.8. The molecule has 3 N–H and O–H groups in total. The first kappa shape index (κ1) is 13.6. The molecule has 1 aliphatic heterocycles. The van der Waals surface area contributed by atoms with Crippen molar-refractivity contribution in [3.8, 4) is 0 Å². The lowest BCUT2D eigenvalue weighted by molar-refractivity contribution is -0.0117. The molecule has 1 heterocycles. The summed E-state index contributed by atoms with van der Waals surface area (Å²) >= 11 is 3.10. The minimum Gasteiger partial charge on any atom is -0.397 e. The molecule has 0 aliphatic carbocycles. The molecule has 6 heteroatoms. The first-order valence-corrected chi connectivity index (χ1v) is 6.64. The standard InChI is InChI=1S/C12H17BrFN3O/c1-17-2-3-18-8(7-17)6-16-12-5-10(14)9(13)4-11(12)15/h4-5,8,16H,2-3,6-7,15H2,1H3. The van der Waals surface area contributed by atoms with E-state index in [4.69, 9.17) is 10.5 Å². The van der Waals surface area contributed by atoms with Crippen molar-refractivity contribution >= 4 is 27.3 Å². The van der Waals surface area contributed by atoms with Gasteiger partial charge in [-0.3, -0.25) is 0 Å². The molecular formula is C12H17BrFN3O. The van der Waals surface area contributed by atoms with Crippen LogP contribution in [0.5, 0.6) is 0 Å². The van der Waals surface area contributed by atoms with Gasteiger partial charge in [0.15, 0.2) is 0 Å². The van der Waals surface area contributed by atoms with E-state index in [1.54, 1.807) is 6.07 Å². The average Bonchev–Trinajstić information content (AvgIpc) is 2.32. The minimum absolute atomic E-state index is 0.106. The Bertz CT molecular complexity index is 430. The third kappa shape index (κ3) is 3.34. The number of nitrogens with two attached hydrogens (primary N) is 1. The number of ether oxygens (including phenoxy) is 1. The fraction of sp³-hybridized carbons (Fsp3) is 0.500. The van der Waals surface area contributed by atoms with Gasteiger partial charge < -0.3 is 20.7 Å². The fourth-order valence-electron chi connectivity index (χ4n) is 1.93. The van der Waals surface area contributed by atoms with Crippen LogP contribution in [0.15, 0.2) is 16.6 Å². The predicted molar refractivity (Wildman–Crippen MR) is 74.2 cm³/mol. The number of hydrogen-bond donors (Lipinski definition) is 2. The Labute approximate surface area is 114 Å². The number of likely N-dealkylation sites (N-methyl/N-ethyl adjacent to an activating group) is 1. The number of rotatable bonds is 3. The Hall–Kier alpha value is -0.850. The summed E-state index contributed by atoms with van der Waals surface area (Å²) in [5, 5.41) is 3.13. The Morgan fingerprint density at radius 3 is 3.11 bits per heavy atom. The SMILES string of the molecule is CN1CCOC(CNc2cc(F)c(Br)cc2N)C1. The highest BCUT2D eigenvalue weighted by molar-refractivity contribution is 9.10. The van der Waals surface area contributed by atoms with Crippen LogP contribution < -0.4 is 11.1 Å². The average molecular weight is 318 g/mol. The highest BCUT2D eigenvalue weighted by Gasteiger charge is 2.17. The normalized spacial score (nSPS) is 20.9. The summed E-state index contributed by atoms with van der Waals surface area (Å²) in [6, 6.07) is 2.96. The van der Waals surface area contributed by atoms with Crippen LogP contribution in [0.2, 0.25) is 0 Å². The van der Waals surface area contributed by atoms with Crippen LogP contribution in [0.4, 0.5) is 15.8 Å². The quantitative estimate of drug-likeness (QED) is 0.836. The molecule has 1 atom stereocenters. The van der Waals surface area contributed by atoms with Crippen molar-refractivity contribution in [3.05, 3.63) is 22.4 Å². The lowest BCUT2D eigenvalue weighted by Gasteiger charge is -2.30. The van der Waals surface area contributed by atoms with E-state index in [2.05, 4.69) is 33.2 Å². The second-order valence-electron chi connectivity index (χ2n) is 4.49. The van der Waals surface area contributed by atoms with E-state index in [9.17, 15) is 4.39 Å². The predicted octanol–water partition coefficient (Wildman–Crippen LogP) is 1.91. The van der Waals surface area contributed by atoms with Gasteiger partial charge >= 0.3 is 0 Å². The van der Waals surface area contributed by atoms with Gasteiger partial charge in [0.2, 0.25) is 0 Å². The van der Waals surface area contributed by atoms with Crippen LogP contribution in [0.3, 0.4) is 0 Å². The zero-order chi connectivity index (χ0) is 13.1. The van der Waals surface area contributed by atoms with Gasteiger partial charge in [-0.1, -0.05) is 0 Å². The van der Waals surface area contributed by atoms with E-state index in [1.807, 2.05) is 0 Å². The molecule has 1 aromatic carbocycles. The number of benzene rings is 1. The smallest absolute Gasteiger partial charge is 0.139 e. The second-order valence-corrected chi connectivity index (χ2v) is 5.34. The summed E-state index contributed by atoms with van der Waals surface area (Å²) in [4.78, 5) is 2.21. The molecule has 1 aromatic rings. The zero-order valence-electron chi connectivity index (χ0n) is 10.2. The number of halogens is 2. The maximum Gasteiger partial charge on any atom is 0.139 e. The molecule has 0 bridgehead atoms. The van der Waals surface area contributed by atoms with Crippen LogP contribution in [-0.4, -0.2) is 44.3 Å². The van der Waals surface area contributed by atoms with E-state index in [0.717, 1.165) is 19.7 Å². The summed E-state index contributed by atoms with van der Waals surface area (Å²) in [6.07, 6.45) is 0.106. The molecule has 1 unspecified atom stereocenters. The van der Waals surface area contributed by atoms with Gasteiger partial charge in [0.1, 0.15) is 5.82 Å². The third-order valence-corrected chi connectivity index (χ3v) is 3.56. The van der Waals surface area contributed by atoms with E-state index >= 15 is 0 Å². The molecule has 0 radical (unpaired) electrons. The largest absolute Gasteiger partial charge is 0.397 e. The topological polar surface area (TPSA) is 50.5 Å². The summed E-state index contributed by atoms with van der Waals surface area (Å²) in [6.45, 7) is 3.17. The number of nitrogens with one attached hydrogen (secondary N) is 1. The first-order chi connectivity index (χ1) is 8.56. The molecule has 0 spiro atoms. The number of morpholine rings is 1. The van der Waals surface area contributed by atoms with E-state index in [-0.39, 0.29) is 11.9 Å². The summed E-state index contributed by atoms with van der Waals surface area (Å²) in [7, 11) is 2.06. The van der Waals surface area contributed by atoms with E-state index < -0.39 is 0 Å². The lowest BCUT2D eigenvalue weighted by Crippen LogP contribution is -2.43. The fourth-order valence-corrected chi connectivity index (χ4v) is 2.29. The van der Waals surface area contributed by atoms with Gasteiger partial charge in [0.25, 0.3) is 0 Å². The molecule has 1 fully saturated rings. The van der Waals surface area contributed by atoms with Gasteiger partial charge in [-0.05, 0) is 29.0 Å². The van der Waals surface area contributed by atoms with E-state index in [0.29, 0.717) is 22.4 Å². The van der Waals surface area contributed by atoms with Crippen LogP contribution >= 0.6 is 15.9 Å². The number of nitrogens with zero attached hydrogens (tertiary/aromatic N) is 1. The maximum absolute atomic E-state index is 13.4. The van der Waals surface area contributed by atoms with Crippen LogP contribution in [-0.2, 0) is 4.74 Å². The van der Waals surface area contributed by atoms with Gasteiger partial charge in [-0.25, -0.2) is 4.39 Å². The summed E-state index contributed by atoms with van der Waals surface area (Å²) in [5.41, 5.74) is 6.95. The van der Waals surface area contributed by atoms with Gasteiger partial charge in [0.05, 0.1) is 28.6 Å². The Morgan fingerprint density at radius 1 is 1.61 bits per heavy atom. The Morgan fingerprint density at radius 2 is 2.39 bits per heavy atom. The molecule has 0 amide bonds. The van der Waals surface area contributed by atoms with Crippen molar-refractivity contribution in [2.75, 3.05) is 44.3 Å². The molecule has 18 heavy (non-hydrogen) atoms. The molecule has 4 nitrogen and oxygen atoms in total. The van der Waals surface area contributed by atoms with Gasteiger partial charge in [-0.15, -0.1) is 0 Å². The van der Waals surface area contributed by atoms with Gasteiger partial charge in [0, 0.05) is 25.7 Å². The first-order valence-electron chi connectivity index (χ1n) is 5.85. The van der Waals surface area contributed by atoms with Crippen LogP contribution in [0, 0.1) is 5.82 Å². The maximum atomic E-state index is 13.4. The van der Waals surface area contributed by atoms with Crippen molar-refractivity contribution in [3.63, 3.8) is 0 Å². The molecule has 2 rings (SSSR count). The molecular weight excluding hydrogens is 301 g/mol. The highest BCUT2D eigenvalue weighted by atomic mass is 79.9. The second kappa shape index (κ2) is 5.86. The molecule has 100 valence electrons. The molecule has 0 aromatic heterocycles. The van der Waals surface area contributed by atoms with Gasteiger partial charge in [-0.2, -0.15) is 0 Å². The highest BCUT2D eigenvalue weighted by Crippen LogP contribution is 2.26. The van der Waals surface area contributed by atoms with Crippen LogP contribution in [0.1, 0.15) is 0 Å². The number of anilines is 2. The monoisotopic (exact) mass is 317 g/mol. The number of nitrogen functional groups attached to an aromatic ring is 1. The van der Waals surface area contributed by atoms with Crippen molar-refractivity contribution in [1.82, 2.24) is 4.90 Å². The summed E-state index contributed by atoms with van der Waals surface area (Å²) in [5.74, 6) is -0.326. The lowest BCUT2D eigenvalue weighted by atomic mass is 10.2. The van der Waals surface area contributed by atoms with Crippen molar-refractivity contribution < 1.29 is 9.13 Å². The van der Waals surface area contributed by atoms with Crippen molar-refractivity contribution in [2.24, 2.45) is 0 Å². The van der Waals surface area contributed by atoms with Crippen molar-refractivity contribution in [1.29, 1.82) is 0 Å². The van der Waals surface area contributed by atoms with E-state index in [1.165, 1.54) is 6.07 Å². The molecule has 1 aliphatic rings. The van der Waals surface area contributed by atoms with Crippen molar-refractivity contribution in [2.45, 2.75) is 6.10 Å². The number of hydrogen-bond acceptors (Lipinski definition) is 4. The summed E-state index contributed by atoms with van der Waals surface area (Å²) < 4.78 is 19.4. The minimum atomic E-state index is -0.326. The molecule has 1 saturated heterocycles. The Kier molecular flexibility index (Phi) is 4.42. The Balaban J connectivity index is 1.95. The third-order valence-electron chi connectivity index (χ3n) is 2.95. The molecule has 0 saturated carbocycles. The van der Waals surface area contributed by atoms with Crippen LogP contribution in [0.25, 0.3) is 0 Å².